The molecular weight excluding hydrogens is 226 g/mol. The molecule has 3 nitrogen and oxygen atoms in total. The van der Waals surface area contributed by atoms with Gasteiger partial charge in [0.1, 0.15) is 5.75 Å². The summed E-state index contributed by atoms with van der Waals surface area (Å²) in [6, 6.07) is 5.49. The third kappa shape index (κ3) is 3.36. The molecule has 18 heavy (non-hydrogen) atoms. The van der Waals surface area contributed by atoms with Crippen LogP contribution in [0, 0.1) is 0 Å². The van der Waals surface area contributed by atoms with Crippen molar-refractivity contribution in [1.82, 2.24) is 5.32 Å². The number of carbonyl (C=O) groups is 1. The largest absolute Gasteiger partial charge is 0.496 e. The monoisotopic (exact) mass is 247 g/mol. The van der Waals surface area contributed by atoms with Crippen LogP contribution in [0.15, 0.2) is 30.9 Å². The van der Waals surface area contributed by atoms with Crippen molar-refractivity contribution >= 4 is 5.91 Å². The van der Waals surface area contributed by atoms with E-state index in [-0.39, 0.29) is 11.3 Å². The molecule has 0 fully saturated rings. The highest BCUT2D eigenvalue weighted by atomic mass is 16.5. The van der Waals surface area contributed by atoms with E-state index in [1.165, 1.54) is 0 Å². The van der Waals surface area contributed by atoms with Crippen LogP contribution in [0.5, 0.6) is 5.75 Å². The van der Waals surface area contributed by atoms with Gasteiger partial charge in [0.15, 0.2) is 0 Å². The van der Waals surface area contributed by atoms with E-state index in [9.17, 15) is 4.79 Å². The fourth-order valence-electron chi connectivity index (χ4n) is 1.70. The molecule has 0 radical (unpaired) electrons. The normalized spacial score (nSPS) is 10.9. The summed E-state index contributed by atoms with van der Waals surface area (Å²) in [5, 5.41) is 2.77. The third-order valence-corrected chi connectivity index (χ3v) is 2.68. The Labute approximate surface area is 109 Å². The second-order valence-corrected chi connectivity index (χ2v) is 5.16. The van der Waals surface area contributed by atoms with Crippen molar-refractivity contribution in [1.29, 1.82) is 0 Å². The standard InChI is InChI=1S/C15H21NO2/c1-6-9-16-14(17)11-7-8-13(18-5)12(10-11)15(2,3)4/h6-8,10H,1,9H2,2-5H3,(H,16,17). The molecule has 1 amide bonds. The number of nitrogens with one attached hydrogen (secondary N) is 1. The van der Waals surface area contributed by atoms with Gasteiger partial charge in [-0.3, -0.25) is 4.79 Å². The summed E-state index contributed by atoms with van der Waals surface area (Å²) >= 11 is 0. The molecule has 1 aromatic rings. The zero-order valence-electron chi connectivity index (χ0n) is 11.5. The van der Waals surface area contributed by atoms with Crippen LogP contribution in [-0.2, 0) is 5.41 Å². The van der Waals surface area contributed by atoms with Crippen LogP contribution < -0.4 is 10.1 Å². The van der Waals surface area contributed by atoms with Crippen molar-refractivity contribution in [2.24, 2.45) is 0 Å². The second kappa shape index (κ2) is 5.71. The molecule has 0 heterocycles. The van der Waals surface area contributed by atoms with E-state index in [1.54, 1.807) is 19.3 Å². The first-order valence-corrected chi connectivity index (χ1v) is 5.97. The van der Waals surface area contributed by atoms with Gasteiger partial charge in [0, 0.05) is 17.7 Å². The number of benzene rings is 1. The molecule has 0 bridgehead atoms. The molecule has 0 unspecified atom stereocenters. The Morgan fingerprint density at radius 1 is 1.44 bits per heavy atom. The molecule has 0 spiro atoms. The van der Waals surface area contributed by atoms with E-state index < -0.39 is 0 Å². The van der Waals surface area contributed by atoms with E-state index in [2.05, 4.69) is 32.7 Å². The van der Waals surface area contributed by atoms with Crippen molar-refractivity contribution in [3.63, 3.8) is 0 Å². The highest BCUT2D eigenvalue weighted by molar-refractivity contribution is 5.94. The number of hydrogen-bond acceptors (Lipinski definition) is 2. The summed E-state index contributed by atoms with van der Waals surface area (Å²) in [6.45, 7) is 10.3. The molecule has 1 aromatic carbocycles. The first kappa shape index (κ1) is 14.3. The zero-order chi connectivity index (χ0) is 13.8. The molecule has 0 saturated carbocycles. The van der Waals surface area contributed by atoms with Gasteiger partial charge in [0.25, 0.3) is 5.91 Å². The van der Waals surface area contributed by atoms with Crippen LogP contribution >= 0.6 is 0 Å². The van der Waals surface area contributed by atoms with Gasteiger partial charge < -0.3 is 10.1 Å². The SMILES string of the molecule is C=CCNC(=O)c1ccc(OC)c(C(C)(C)C)c1. The van der Waals surface area contributed by atoms with Crippen molar-refractivity contribution in [3.05, 3.63) is 42.0 Å². The molecule has 0 atom stereocenters. The van der Waals surface area contributed by atoms with Crippen LogP contribution in [0.25, 0.3) is 0 Å². The van der Waals surface area contributed by atoms with Crippen molar-refractivity contribution in [2.75, 3.05) is 13.7 Å². The first-order chi connectivity index (χ1) is 8.40. The summed E-state index contributed by atoms with van der Waals surface area (Å²) in [7, 11) is 1.64. The van der Waals surface area contributed by atoms with Gasteiger partial charge in [-0.1, -0.05) is 26.8 Å². The van der Waals surface area contributed by atoms with Crippen LogP contribution in [0.2, 0.25) is 0 Å². The zero-order valence-corrected chi connectivity index (χ0v) is 11.5. The molecule has 0 aliphatic rings. The fourth-order valence-corrected chi connectivity index (χ4v) is 1.70. The molecule has 98 valence electrons. The minimum absolute atomic E-state index is 0.0694. The average Bonchev–Trinajstić information content (AvgIpc) is 2.34. The maximum Gasteiger partial charge on any atom is 0.251 e. The molecule has 0 aromatic heterocycles. The van der Waals surface area contributed by atoms with Gasteiger partial charge in [-0.15, -0.1) is 6.58 Å². The van der Waals surface area contributed by atoms with Crippen LogP contribution in [0.4, 0.5) is 0 Å². The Morgan fingerprint density at radius 3 is 2.61 bits per heavy atom. The summed E-state index contributed by atoms with van der Waals surface area (Å²) < 4.78 is 5.34. The highest BCUT2D eigenvalue weighted by Gasteiger charge is 2.20. The van der Waals surface area contributed by atoms with Gasteiger partial charge >= 0.3 is 0 Å². The number of ether oxygens (including phenoxy) is 1. The van der Waals surface area contributed by atoms with Gasteiger partial charge in [-0.05, 0) is 23.6 Å². The van der Waals surface area contributed by atoms with E-state index >= 15 is 0 Å². The first-order valence-electron chi connectivity index (χ1n) is 5.97. The maximum atomic E-state index is 11.9. The molecule has 1 rings (SSSR count). The number of hydrogen-bond donors (Lipinski definition) is 1. The summed E-state index contributed by atoms with van der Waals surface area (Å²) in [5.74, 6) is 0.714. The highest BCUT2D eigenvalue weighted by Crippen LogP contribution is 2.31. The summed E-state index contributed by atoms with van der Waals surface area (Å²) in [5.41, 5.74) is 1.60. The Bertz CT molecular complexity index is 444. The van der Waals surface area contributed by atoms with E-state index in [0.717, 1.165) is 11.3 Å². The Kier molecular flexibility index (Phi) is 4.54. The van der Waals surface area contributed by atoms with Gasteiger partial charge in [0.2, 0.25) is 0 Å². The Hall–Kier alpha value is -1.77. The van der Waals surface area contributed by atoms with E-state index in [4.69, 9.17) is 4.74 Å². The predicted molar refractivity (Wildman–Crippen MR) is 74.2 cm³/mol. The number of amides is 1. The summed E-state index contributed by atoms with van der Waals surface area (Å²) in [6.07, 6.45) is 1.66. The van der Waals surface area contributed by atoms with Crippen molar-refractivity contribution in [3.8, 4) is 5.75 Å². The lowest BCUT2D eigenvalue weighted by Gasteiger charge is -2.22. The minimum Gasteiger partial charge on any atom is -0.496 e. The molecule has 0 aliphatic carbocycles. The third-order valence-electron chi connectivity index (χ3n) is 2.68. The summed E-state index contributed by atoms with van der Waals surface area (Å²) in [4.78, 5) is 11.9. The molecule has 1 N–H and O–H groups in total. The van der Waals surface area contributed by atoms with Gasteiger partial charge in [-0.2, -0.15) is 0 Å². The lowest BCUT2D eigenvalue weighted by Crippen LogP contribution is -2.24. The van der Waals surface area contributed by atoms with Gasteiger partial charge in [0.05, 0.1) is 7.11 Å². The number of carbonyl (C=O) groups excluding carboxylic acids is 1. The van der Waals surface area contributed by atoms with Gasteiger partial charge in [-0.25, -0.2) is 0 Å². The van der Waals surface area contributed by atoms with Crippen LogP contribution in [-0.4, -0.2) is 19.6 Å². The van der Waals surface area contributed by atoms with E-state index in [0.29, 0.717) is 12.1 Å². The van der Waals surface area contributed by atoms with Crippen LogP contribution in [0.3, 0.4) is 0 Å². The van der Waals surface area contributed by atoms with Crippen molar-refractivity contribution < 1.29 is 9.53 Å². The minimum atomic E-state index is -0.0944. The quantitative estimate of drug-likeness (QED) is 0.831. The van der Waals surface area contributed by atoms with Crippen molar-refractivity contribution in [2.45, 2.75) is 26.2 Å². The van der Waals surface area contributed by atoms with Crippen LogP contribution in [0.1, 0.15) is 36.7 Å². The average molecular weight is 247 g/mol. The maximum absolute atomic E-state index is 11.9. The number of methoxy groups -OCH3 is 1. The lowest BCUT2D eigenvalue weighted by molar-refractivity contribution is 0.0958. The Morgan fingerprint density at radius 2 is 2.11 bits per heavy atom. The van der Waals surface area contributed by atoms with E-state index in [1.807, 2.05) is 12.1 Å². The Balaban J connectivity index is 3.10. The lowest BCUT2D eigenvalue weighted by atomic mass is 9.85. The molecule has 0 aliphatic heterocycles. The molecular formula is C15H21NO2. The predicted octanol–water partition coefficient (Wildman–Crippen LogP) is 2.91. The smallest absolute Gasteiger partial charge is 0.251 e. The second-order valence-electron chi connectivity index (χ2n) is 5.16. The molecule has 3 heteroatoms. The fraction of sp³-hybridized carbons (Fsp3) is 0.400. The molecule has 0 saturated heterocycles. The number of rotatable bonds is 4. The topological polar surface area (TPSA) is 38.3 Å².